The van der Waals surface area contributed by atoms with Crippen LogP contribution < -0.4 is 5.56 Å². The van der Waals surface area contributed by atoms with Crippen LogP contribution in [0, 0.1) is 0 Å². The molecule has 0 aliphatic carbocycles. The summed E-state index contributed by atoms with van der Waals surface area (Å²) in [6.45, 7) is 1.17. The van der Waals surface area contributed by atoms with Crippen LogP contribution in [0.1, 0.15) is 16.1 Å². The third-order valence-electron chi connectivity index (χ3n) is 3.20. The van der Waals surface area contributed by atoms with Crippen molar-refractivity contribution in [2.45, 2.75) is 13.1 Å². The minimum atomic E-state index is -0.251. The molecule has 0 radical (unpaired) electrons. The van der Waals surface area contributed by atoms with E-state index < -0.39 is 0 Å². The van der Waals surface area contributed by atoms with Gasteiger partial charge in [0.2, 0.25) is 0 Å². The first kappa shape index (κ1) is 15.9. The van der Waals surface area contributed by atoms with Crippen LogP contribution >= 0.6 is 0 Å². The predicted octanol–water partition coefficient (Wildman–Crippen LogP) is 1.16. The fourth-order valence-electron chi connectivity index (χ4n) is 2.03. The van der Waals surface area contributed by atoms with Gasteiger partial charge in [-0.15, -0.1) is 0 Å². The molecule has 6 heteroatoms. The molecular formula is C16H19N3O3. The molecule has 0 aliphatic rings. The fraction of sp³-hybridized carbons (Fsp3) is 0.312. The number of amides is 1. The third kappa shape index (κ3) is 4.02. The second kappa shape index (κ2) is 7.51. The second-order valence-corrected chi connectivity index (χ2v) is 4.92. The Morgan fingerprint density at radius 2 is 1.95 bits per heavy atom. The molecule has 0 saturated heterocycles. The fourth-order valence-corrected chi connectivity index (χ4v) is 2.03. The van der Waals surface area contributed by atoms with Gasteiger partial charge in [-0.25, -0.2) is 4.68 Å². The Balaban J connectivity index is 2.13. The van der Waals surface area contributed by atoms with Crippen molar-refractivity contribution in [1.29, 1.82) is 0 Å². The van der Waals surface area contributed by atoms with Crippen molar-refractivity contribution >= 4 is 5.91 Å². The van der Waals surface area contributed by atoms with E-state index in [1.165, 1.54) is 16.8 Å². The summed E-state index contributed by atoms with van der Waals surface area (Å²) < 4.78 is 6.18. The lowest BCUT2D eigenvalue weighted by atomic mass is 10.2. The first-order chi connectivity index (χ1) is 10.6. The van der Waals surface area contributed by atoms with E-state index in [0.717, 1.165) is 5.56 Å². The van der Waals surface area contributed by atoms with Gasteiger partial charge >= 0.3 is 0 Å². The normalized spacial score (nSPS) is 10.5. The van der Waals surface area contributed by atoms with Crippen molar-refractivity contribution in [3.05, 3.63) is 64.1 Å². The quantitative estimate of drug-likeness (QED) is 0.803. The van der Waals surface area contributed by atoms with Crippen molar-refractivity contribution in [2.75, 3.05) is 20.8 Å². The molecular weight excluding hydrogens is 282 g/mol. The maximum Gasteiger partial charge on any atom is 0.274 e. The monoisotopic (exact) mass is 301 g/mol. The molecule has 0 fully saturated rings. The van der Waals surface area contributed by atoms with E-state index >= 15 is 0 Å². The summed E-state index contributed by atoms with van der Waals surface area (Å²) in [6.07, 6.45) is 0. The predicted molar refractivity (Wildman–Crippen MR) is 82.6 cm³/mol. The Hall–Kier alpha value is -2.47. The molecule has 0 aliphatic heterocycles. The summed E-state index contributed by atoms with van der Waals surface area (Å²) in [5, 5.41) is 4.11. The molecule has 1 aromatic carbocycles. The van der Waals surface area contributed by atoms with E-state index in [0.29, 0.717) is 19.7 Å². The van der Waals surface area contributed by atoms with Crippen LogP contribution in [-0.2, 0) is 17.8 Å². The number of aromatic nitrogens is 2. The molecule has 2 rings (SSSR count). The van der Waals surface area contributed by atoms with Gasteiger partial charge < -0.3 is 9.64 Å². The summed E-state index contributed by atoms with van der Waals surface area (Å²) in [4.78, 5) is 25.7. The largest absolute Gasteiger partial charge is 0.383 e. The lowest BCUT2D eigenvalue weighted by Crippen LogP contribution is -2.31. The maximum absolute atomic E-state index is 12.4. The zero-order chi connectivity index (χ0) is 15.9. The van der Waals surface area contributed by atoms with Crippen LogP contribution in [0.5, 0.6) is 0 Å². The van der Waals surface area contributed by atoms with E-state index in [-0.39, 0.29) is 17.2 Å². The molecule has 0 atom stereocenters. The Morgan fingerprint density at radius 1 is 1.23 bits per heavy atom. The first-order valence-electron chi connectivity index (χ1n) is 6.98. The number of methoxy groups -OCH3 is 1. The summed E-state index contributed by atoms with van der Waals surface area (Å²) in [5.74, 6) is -0.227. The van der Waals surface area contributed by atoms with Gasteiger partial charge in [-0.2, -0.15) is 5.10 Å². The Morgan fingerprint density at radius 3 is 2.64 bits per heavy atom. The standard InChI is InChI=1S/C16H19N3O3/c1-18(12-13-6-4-3-5-7-13)16(21)14-8-9-15(20)19(17-14)10-11-22-2/h3-9H,10-12H2,1-2H3. The molecule has 0 spiro atoms. The van der Waals surface area contributed by atoms with Crippen LogP contribution in [-0.4, -0.2) is 41.4 Å². The van der Waals surface area contributed by atoms with E-state index in [1.54, 1.807) is 19.1 Å². The third-order valence-corrected chi connectivity index (χ3v) is 3.20. The number of hydrogen-bond acceptors (Lipinski definition) is 4. The van der Waals surface area contributed by atoms with Crippen LogP contribution in [0.2, 0.25) is 0 Å². The number of carbonyl (C=O) groups is 1. The highest BCUT2D eigenvalue weighted by atomic mass is 16.5. The average Bonchev–Trinajstić information content (AvgIpc) is 2.54. The molecule has 0 saturated carbocycles. The van der Waals surface area contributed by atoms with Crippen molar-refractivity contribution < 1.29 is 9.53 Å². The van der Waals surface area contributed by atoms with Crippen molar-refractivity contribution in [3.8, 4) is 0 Å². The van der Waals surface area contributed by atoms with Gasteiger partial charge in [0.05, 0.1) is 13.2 Å². The van der Waals surface area contributed by atoms with Gasteiger partial charge in [-0.1, -0.05) is 30.3 Å². The molecule has 1 amide bonds. The van der Waals surface area contributed by atoms with E-state index in [9.17, 15) is 9.59 Å². The van der Waals surface area contributed by atoms with Crippen LogP contribution in [0.3, 0.4) is 0 Å². The average molecular weight is 301 g/mol. The molecule has 22 heavy (non-hydrogen) atoms. The summed E-state index contributed by atoms with van der Waals surface area (Å²) in [5.41, 5.74) is 1.03. The van der Waals surface area contributed by atoms with Gasteiger partial charge in [0, 0.05) is 26.8 Å². The van der Waals surface area contributed by atoms with Gasteiger partial charge in [-0.05, 0) is 11.6 Å². The number of nitrogens with zero attached hydrogens (tertiary/aromatic N) is 3. The highest BCUT2D eigenvalue weighted by Gasteiger charge is 2.14. The SMILES string of the molecule is COCCn1nc(C(=O)N(C)Cc2ccccc2)ccc1=O. The van der Waals surface area contributed by atoms with E-state index in [4.69, 9.17) is 4.74 Å². The number of ether oxygens (including phenoxy) is 1. The lowest BCUT2D eigenvalue weighted by molar-refractivity contribution is 0.0775. The summed E-state index contributed by atoms with van der Waals surface area (Å²) >= 11 is 0. The zero-order valence-corrected chi connectivity index (χ0v) is 12.7. The van der Waals surface area contributed by atoms with Crippen LogP contribution in [0.4, 0.5) is 0 Å². The minimum absolute atomic E-state index is 0.227. The van der Waals surface area contributed by atoms with Crippen molar-refractivity contribution in [3.63, 3.8) is 0 Å². The molecule has 1 heterocycles. The zero-order valence-electron chi connectivity index (χ0n) is 12.7. The molecule has 0 N–H and O–H groups in total. The molecule has 1 aromatic heterocycles. The Kier molecular flexibility index (Phi) is 5.43. The van der Waals surface area contributed by atoms with E-state index in [1.807, 2.05) is 30.3 Å². The molecule has 116 valence electrons. The van der Waals surface area contributed by atoms with E-state index in [2.05, 4.69) is 5.10 Å². The number of hydrogen-bond donors (Lipinski definition) is 0. The van der Waals surface area contributed by atoms with Crippen LogP contribution in [0.15, 0.2) is 47.3 Å². The summed E-state index contributed by atoms with van der Waals surface area (Å²) in [6, 6.07) is 12.5. The Bertz CT molecular complexity index is 683. The van der Waals surface area contributed by atoms with Gasteiger partial charge in [-0.3, -0.25) is 9.59 Å². The van der Waals surface area contributed by atoms with Gasteiger partial charge in [0.25, 0.3) is 11.5 Å². The topological polar surface area (TPSA) is 64.4 Å². The van der Waals surface area contributed by atoms with Gasteiger partial charge in [0.1, 0.15) is 5.69 Å². The second-order valence-electron chi connectivity index (χ2n) is 4.92. The lowest BCUT2D eigenvalue weighted by Gasteiger charge is -2.17. The number of benzene rings is 1. The summed E-state index contributed by atoms with van der Waals surface area (Å²) in [7, 11) is 3.26. The number of rotatable bonds is 6. The highest BCUT2D eigenvalue weighted by molar-refractivity contribution is 5.91. The highest BCUT2D eigenvalue weighted by Crippen LogP contribution is 2.05. The number of carbonyl (C=O) groups excluding carboxylic acids is 1. The molecule has 0 bridgehead atoms. The van der Waals surface area contributed by atoms with Crippen LogP contribution in [0.25, 0.3) is 0 Å². The van der Waals surface area contributed by atoms with Crippen molar-refractivity contribution in [2.24, 2.45) is 0 Å². The minimum Gasteiger partial charge on any atom is -0.383 e. The maximum atomic E-state index is 12.4. The first-order valence-corrected chi connectivity index (χ1v) is 6.98. The smallest absolute Gasteiger partial charge is 0.274 e. The molecule has 6 nitrogen and oxygen atoms in total. The van der Waals surface area contributed by atoms with Gasteiger partial charge in [0.15, 0.2) is 0 Å². The van der Waals surface area contributed by atoms with Crippen molar-refractivity contribution in [1.82, 2.24) is 14.7 Å². The Labute approximate surface area is 128 Å². The molecule has 2 aromatic rings. The molecule has 0 unspecified atom stereocenters.